The number of likely N-dealkylation sites (tertiary alicyclic amines) is 1. The summed E-state index contributed by atoms with van der Waals surface area (Å²) >= 11 is 0. The molecule has 136 valence electrons. The van der Waals surface area contributed by atoms with Crippen LogP contribution in [-0.2, 0) is 11.3 Å². The van der Waals surface area contributed by atoms with Crippen LogP contribution < -0.4 is 5.32 Å². The first-order valence-corrected chi connectivity index (χ1v) is 8.61. The Labute approximate surface area is 144 Å². The van der Waals surface area contributed by atoms with Crippen LogP contribution in [0.4, 0.5) is 4.79 Å². The molecule has 1 saturated heterocycles. The molecule has 0 radical (unpaired) electrons. The van der Waals surface area contributed by atoms with Crippen LogP contribution in [0, 0.1) is 0 Å². The van der Waals surface area contributed by atoms with Gasteiger partial charge in [-0.2, -0.15) is 5.10 Å². The van der Waals surface area contributed by atoms with Gasteiger partial charge in [0.15, 0.2) is 0 Å². The number of amides is 1. The number of ether oxygens (including phenoxy) is 1. The van der Waals surface area contributed by atoms with Crippen LogP contribution >= 0.6 is 0 Å². The zero-order valence-corrected chi connectivity index (χ0v) is 15.2. The lowest BCUT2D eigenvalue weighted by Gasteiger charge is -2.42. The van der Waals surface area contributed by atoms with Crippen LogP contribution in [0.3, 0.4) is 0 Å². The monoisotopic (exact) mass is 338 g/mol. The third-order valence-corrected chi connectivity index (χ3v) is 4.44. The number of carbonyl (C=O) groups excluding carboxylic acids is 1. The quantitative estimate of drug-likeness (QED) is 0.853. The number of hydrogen-bond donors (Lipinski definition) is 2. The molecule has 2 rings (SSSR count). The molecule has 0 aliphatic carbocycles. The summed E-state index contributed by atoms with van der Waals surface area (Å²) in [5, 5.41) is 18.4. The van der Waals surface area contributed by atoms with Crippen molar-refractivity contribution in [3.8, 4) is 0 Å². The molecule has 1 aromatic rings. The fraction of sp³-hybridized carbons (Fsp3) is 0.765. The number of carbonyl (C=O) groups is 1. The number of hydrogen-bond acceptors (Lipinski definition) is 5. The zero-order valence-electron chi connectivity index (χ0n) is 15.2. The Kier molecular flexibility index (Phi) is 5.87. The predicted octanol–water partition coefficient (Wildman–Crippen LogP) is 1.62. The van der Waals surface area contributed by atoms with E-state index in [1.54, 1.807) is 11.1 Å². The summed E-state index contributed by atoms with van der Waals surface area (Å²) in [7, 11) is 0. The van der Waals surface area contributed by atoms with Crippen molar-refractivity contribution in [2.45, 2.75) is 64.3 Å². The summed E-state index contributed by atoms with van der Waals surface area (Å²) in [6.45, 7) is 10.1. The predicted molar refractivity (Wildman–Crippen MR) is 91.7 cm³/mol. The Morgan fingerprint density at radius 1 is 1.42 bits per heavy atom. The fourth-order valence-corrected chi connectivity index (χ4v) is 2.85. The molecule has 0 saturated carbocycles. The second kappa shape index (κ2) is 7.53. The summed E-state index contributed by atoms with van der Waals surface area (Å²) in [6.07, 6.45) is 4.46. The highest BCUT2D eigenvalue weighted by Crippen LogP contribution is 2.26. The Morgan fingerprint density at radius 2 is 2.08 bits per heavy atom. The molecule has 1 unspecified atom stereocenters. The molecule has 1 fully saturated rings. The minimum atomic E-state index is -0.803. The Morgan fingerprint density at radius 3 is 2.62 bits per heavy atom. The van der Waals surface area contributed by atoms with Gasteiger partial charge in [0.25, 0.3) is 0 Å². The first-order chi connectivity index (χ1) is 11.2. The zero-order chi connectivity index (χ0) is 17.8. The summed E-state index contributed by atoms with van der Waals surface area (Å²) < 4.78 is 7.25. The van der Waals surface area contributed by atoms with E-state index in [4.69, 9.17) is 4.74 Å². The lowest BCUT2D eigenvalue weighted by atomic mass is 9.85. The molecule has 7 nitrogen and oxygen atoms in total. The summed E-state index contributed by atoms with van der Waals surface area (Å²) in [4.78, 5) is 13.8. The van der Waals surface area contributed by atoms with Crippen molar-refractivity contribution < 1.29 is 14.6 Å². The first-order valence-electron chi connectivity index (χ1n) is 8.61. The van der Waals surface area contributed by atoms with Crippen molar-refractivity contribution in [2.75, 3.05) is 19.6 Å². The van der Waals surface area contributed by atoms with Gasteiger partial charge in [0.1, 0.15) is 5.60 Å². The molecule has 1 aromatic heterocycles. The van der Waals surface area contributed by atoms with Crippen molar-refractivity contribution in [1.29, 1.82) is 0 Å². The van der Waals surface area contributed by atoms with Gasteiger partial charge in [0.2, 0.25) is 0 Å². The van der Waals surface area contributed by atoms with E-state index in [-0.39, 0.29) is 12.1 Å². The molecule has 0 aromatic carbocycles. The van der Waals surface area contributed by atoms with Gasteiger partial charge in [0, 0.05) is 38.1 Å². The first kappa shape index (κ1) is 18.7. The van der Waals surface area contributed by atoms with Crippen LogP contribution in [0.5, 0.6) is 0 Å². The van der Waals surface area contributed by atoms with Crippen LogP contribution in [0.25, 0.3) is 0 Å². The van der Waals surface area contributed by atoms with E-state index in [2.05, 4.69) is 10.4 Å². The van der Waals surface area contributed by atoms with E-state index < -0.39 is 11.2 Å². The van der Waals surface area contributed by atoms with Gasteiger partial charge in [-0.05, 0) is 46.6 Å². The molecule has 0 spiro atoms. The van der Waals surface area contributed by atoms with Crippen LogP contribution in [0.15, 0.2) is 18.5 Å². The maximum Gasteiger partial charge on any atom is 0.410 e. The molecule has 7 heteroatoms. The molecule has 1 atom stereocenters. The molecule has 1 aliphatic rings. The largest absolute Gasteiger partial charge is 0.444 e. The normalized spacial score (nSPS) is 19.1. The number of piperidine rings is 1. The lowest BCUT2D eigenvalue weighted by molar-refractivity contribution is -0.0507. The van der Waals surface area contributed by atoms with E-state index >= 15 is 0 Å². The van der Waals surface area contributed by atoms with Gasteiger partial charge < -0.3 is 20.1 Å². The molecule has 0 bridgehead atoms. The van der Waals surface area contributed by atoms with Gasteiger partial charge in [-0.25, -0.2) is 4.79 Å². The summed E-state index contributed by atoms with van der Waals surface area (Å²) in [5.74, 6) is 0. The minimum Gasteiger partial charge on any atom is -0.444 e. The van der Waals surface area contributed by atoms with E-state index in [9.17, 15) is 9.90 Å². The third kappa shape index (κ3) is 5.21. The summed E-state index contributed by atoms with van der Waals surface area (Å²) in [6, 6.07) is 1.84. The number of nitrogens with zero attached hydrogens (tertiary/aromatic N) is 3. The average Bonchev–Trinajstić information content (AvgIpc) is 2.99. The van der Waals surface area contributed by atoms with E-state index in [0.717, 1.165) is 13.1 Å². The highest BCUT2D eigenvalue weighted by atomic mass is 16.6. The van der Waals surface area contributed by atoms with Crippen molar-refractivity contribution in [3.05, 3.63) is 18.5 Å². The SMILES string of the molecule is CC(NCCn1cccn1)C1(O)CCN(C(=O)OC(C)(C)C)CC1. The third-order valence-electron chi connectivity index (χ3n) is 4.44. The maximum atomic E-state index is 12.1. The van der Waals surface area contributed by atoms with Gasteiger partial charge in [-0.3, -0.25) is 4.68 Å². The molecule has 1 aliphatic heterocycles. The second-order valence-electron chi connectivity index (χ2n) is 7.52. The molecular formula is C17H30N4O3. The standard InChI is InChI=1S/C17H30N4O3/c1-14(18-9-13-21-10-5-8-19-21)17(23)6-11-20(12-7-17)15(22)24-16(2,3)4/h5,8,10,14,18,23H,6-7,9,11-13H2,1-4H3. The number of aromatic nitrogens is 2. The second-order valence-corrected chi connectivity index (χ2v) is 7.52. The topological polar surface area (TPSA) is 79.6 Å². The minimum absolute atomic E-state index is 0.0474. The van der Waals surface area contributed by atoms with Gasteiger partial charge in [-0.15, -0.1) is 0 Å². The number of nitrogens with one attached hydrogen (secondary N) is 1. The van der Waals surface area contributed by atoms with Gasteiger partial charge in [0.05, 0.1) is 12.1 Å². The van der Waals surface area contributed by atoms with Crippen molar-refractivity contribution in [3.63, 3.8) is 0 Å². The fourth-order valence-electron chi connectivity index (χ4n) is 2.85. The Balaban J connectivity index is 1.77. The summed E-state index contributed by atoms with van der Waals surface area (Å²) in [5.41, 5.74) is -1.30. The number of rotatable bonds is 5. The molecule has 24 heavy (non-hydrogen) atoms. The van der Waals surface area contributed by atoms with Crippen LogP contribution in [0.2, 0.25) is 0 Å². The average molecular weight is 338 g/mol. The highest BCUT2D eigenvalue weighted by molar-refractivity contribution is 5.68. The van der Waals surface area contributed by atoms with E-state index in [1.165, 1.54) is 0 Å². The van der Waals surface area contributed by atoms with E-state index in [1.807, 2.05) is 44.6 Å². The Bertz CT molecular complexity index is 516. The Hall–Kier alpha value is -1.60. The van der Waals surface area contributed by atoms with Crippen LogP contribution in [0.1, 0.15) is 40.5 Å². The van der Waals surface area contributed by atoms with Gasteiger partial charge >= 0.3 is 6.09 Å². The smallest absolute Gasteiger partial charge is 0.410 e. The van der Waals surface area contributed by atoms with Crippen molar-refractivity contribution in [2.24, 2.45) is 0 Å². The van der Waals surface area contributed by atoms with Crippen molar-refractivity contribution >= 4 is 6.09 Å². The molecule has 2 N–H and O–H groups in total. The molecule has 1 amide bonds. The molecule has 2 heterocycles. The number of aliphatic hydroxyl groups is 1. The highest BCUT2D eigenvalue weighted by Gasteiger charge is 2.39. The van der Waals surface area contributed by atoms with Gasteiger partial charge in [-0.1, -0.05) is 0 Å². The lowest BCUT2D eigenvalue weighted by Crippen LogP contribution is -2.56. The van der Waals surface area contributed by atoms with Crippen LogP contribution in [-0.4, -0.2) is 62.8 Å². The van der Waals surface area contributed by atoms with Crippen molar-refractivity contribution in [1.82, 2.24) is 20.0 Å². The van der Waals surface area contributed by atoms with E-state index in [0.29, 0.717) is 25.9 Å². The maximum absolute atomic E-state index is 12.1. The molecular weight excluding hydrogens is 308 g/mol.